The maximum absolute atomic E-state index is 13.2. The number of nitrogen functional groups attached to an aromatic ring is 1. The van der Waals surface area contributed by atoms with Gasteiger partial charge in [0.25, 0.3) is 0 Å². The molecule has 0 unspecified atom stereocenters. The molecule has 1 heterocycles. The van der Waals surface area contributed by atoms with Crippen molar-refractivity contribution in [2.45, 2.75) is 10.6 Å². The summed E-state index contributed by atoms with van der Waals surface area (Å²) in [5.74, 6) is 0.497. The van der Waals surface area contributed by atoms with Gasteiger partial charge in [-0.15, -0.1) is 23.1 Å². The minimum Gasteiger partial charge on any atom is -0.396 e. The largest absolute Gasteiger partial charge is 0.396 e. The second kappa shape index (κ2) is 5.21. The highest BCUT2D eigenvalue weighted by Crippen LogP contribution is 2.30. The normalized spacial score (nSPS) is 10.6. The molecule has 2 N–H and O–H groups in total. The molecule has 1 aromatic carbocycles. The van der Waals surface area contributed by atoms with E-state index < -0.39 is 0 Å². The van der Waals surface area contributed by atoms with Crippen LogP contribution in [0.1, 0.15) is 4.88 Å². The van der Waals surface area contributed by atoms with Gasteiger partial charge in [0, 0.05) is 15.5 Å². The fourth-order valence-electron chi connectivity index (χ4n) is 1.18. The smallest absolute Gasteiger partial charge is 0.147 e. The van der Waals surface area contributed by atoms with E-state index in [2.05, 4.69) is 22.0 Å². The summed E-state index contributed by atoms with van der Waals surface area (Å²) in [5.41, 5.74) is 5.61. The molecule has 0 aliphatic rings. The summed E-state index contributed by atoms with van der Waals surface area (Å²) < 4.78 is 14.3. The van der Waals surface area contributed by atoms with Gasteiger partial charge in [-0.2, -0.15) is 0 Å². The molecule has 0 spiro atoms. The van der Waals surface area contributed by atoms with Gasteiger partial charge in [-0.25, -0.2) is 4.39 Å². The van der Waals surface area contributed by atoms with Gasteiger partial charge >= 0.3 is 0 Å². The zero-order chi connectivity index (χ0) is 11.5. The highest BCUT2D eigenvalue weighted by atomic mass is 79.9. The van der Waals surface area contributed by atoms with Gasteiger partial charge in [0.1, 0.15) is 5.82 Å². The third-order valence-corrected chi connectivity index (χ3v) is 4.83. The van der Waals surface area contributed by atoms with Crippen LogP contribution in [0.5, 0.6) is 0 Å². The molecule has 1 nitrogen and oxygen atoms in total. The molecule has 16 heavy (non-hydrogen) atoms. The van der Waals surface area contributed by atoms with Crippen molar-refractivity contribution in [1.29, 1.82) is 0 Å². The highest BCUT2D eigenvalue weighted by molar-refractivity contribution is 9.11. The molecule has 2 aromatic rings. The standard InChI is InChI=1S/C11H9BrFNS2/c12-11-4-2-8(16-11)6-15-7-1-3-10(14)9(13)5-7/h1-5H,6,14H2. The zero-order valence-electron chi connectivity index (χ0n) is 8.24. The van der Waals surface area contributed by atoms with Crippen LogP contribution in [0.15, 0.2) is 39.0 Å². The molecule has 84 valence electrons. The number of hydrogen-bond donors (Lipinski definition) is 1. The molecule has 0 aliphatic carbocycles. The Hall–Kier alpha value is -0.520. The van der Waals surface area contributed by atoms with E-state index in [1.54, 1.807) is 29.2 Å². The lowest BCUT2D eigenvalue weighted by molar-refractivity contribution is 0.629. The number of anilines is 1. The van der Waals surface area contributed by atoms with Gasteiger partial charge in [-0.3, -0.25) is 0 Å². The summed E-state index contributed by atoms with van der Waals surface area (Å²) in [6.07, 6.45) is 0. The molecule has 0 radical (unpaired) electrons. The third-order valence-electron chi connectivity index (χ3n) is 1.98. The van der Waals surface area contributed by atoms with Crippen LogP contribution in [0.2, 0.25) is 0 Å². The molecule has 0 saturated heterocycles. The number of benzene rings is 1. The number of thiophene rings is 1. The monoisotopic (exact) mass is 317 g/mol. The number of halogens is 2. The zero-order valence-corrected chi connectivity index (χ0v) is 11.5. The number of hydrogen-bond acceptors (Lipinski definition) is 3. The number of nitrogens with two attached hydrogens (primary N) is 1. The summed E-state index contributed by atoms with van der Waals surface area (Å²) in [5, 5.41) is 0. The van der Waals surface area contributed by atoms with Crippen LogP contribution in [0.3, 0.4) is 0 Å². The van der Waals surface area contributed by atoms with Crippen molar-refractivity contribution in [3.8, 4) is 0 Å². The summed E-state index contributed by atoms with van der Waals surface area (Å²) in [4.78, 5) is 2.16. The number of thioether (sulfide) groups is 1. The SMILES string of the molecule is Nc1ccc(SCc2ccc(Br)s2)cc1F. The Labute approximate surface area is 110 Å². The molecule has 0 bridgehead atoms. The average Bonchev–Trinajstić information content (AvgIpc) is 2.66. The fraction of sp³-hybridized carbons (Fsp3) is 0.0909. The summed E-state index contributed by atoms with van der Waals surface area (Å²) in [6.45, 7) is 0. The number of rotatable bonds is 3. The maximum Gasteiger partial charge on any atom is 0.147 e. The summed E-state index contributed by atoms with van der Waals surface area (Å²) in [6, 6.07) is 9.00. The Kier molecular flexibility index (Phi) is 3.89. The molecule has 0 fully saturated rings. The Morgan fingerprint density at radius 1 is 1.31 bits per heavy atom. The molecule has 2 rings (SSSR count). The first-order valence-electron chi connectivity index (χ1n) is 4.57. The van der Waals surface area contributed by atoms with Crippen molar-refractivity contribution in [3.05, 3.63) is 44.8 Å². The van der Waals surface area contributed by atoms with Gasteiger partial charge in [-0.05, 0) is 46.3 Å². The maximum atomic E-state index is 13.2. The lowest BCUT2D eigenvalue weighted by Gasteiger charge is -2.01. The molecule has 0 aliphatic heterocycles. The van der Waals surface area contributed by atoms with Crippen LogP contribution >= 0.6 is 39.0 Å². The van der Waals surface area contributed by atoms with E-state index in [4.69, 9.17) is 5.73 Å². The fourth-order valence-corrected chi connectivity index (χ4v) is 3.63. The molecular formula is C11H9BrFNS2. The van der Waals surface area contributed by atoms with Crippen molar-refractivity contribution < 1.29 is 4.39 Å². The minimum atomic E-state index is -0.350. The molecule has 0 amide bonds. The van der Waals surface area contributed by atoms with Crippen LogP contribution in [-0.2, 0) is 5.75 Å². The highest BCUT2D eigenvalue weighted by Gasteiger charge is 2.02. The van der Waals surface area contributed by atoms with E-state index in [0.29, 0.717) is 0 Å². The van der Waals surface area contributed by atoms with Crippen LogP contribution in [0.4, 0.5) is 10.1 Å². The molecule has 0 atom stereocenters. The molecular weight excluding hydrogens is 309 g/mol. The van der Waals surface area contributed by atoms with Crippen molar-refractivity contribution >= 4 is 44.7 Å². The minimum absolute atomic E-state index is 0.197. The Balaban J connectivity index is 2.02. The van der Waals surface area contributed by atoms with E-state index in [0.717, 1.165) is 14.4 Å². The Bertz CT molecular complexity index is 498. The van der Waals surface area contributed by atoms with Gasteiger partial charge in [0.15, 0.2) is 0 Å². The van der Waals surface area contributed by atoms with Gasteiger partial charge in [-0.1, -0.05) is 0 Å². The van der Waals surface area contributed by atoms with Crippen molar-refractivity contribution in [1.82, 2.24) is 0 Å². The van der Waals surface area contributed by atoms with Gasteiger partial charge in [0.2, 0.25) is 0 Å². The Morgan fingerprint density at radius 3 is 2.75 bits per heavy atom. The average molecular weight is 318 g/mol. The van der Waals surface area contributed by atoms with E-state index in [1.807, 2.05) is 12.1 Å². The third kappa shape index (κ3) is 2.99. The lowest BCUT2D eigenvalue weighted by Crippen LogP contribution is -1.89. The first kappa shape index (κ1) is 12.0. The van der Waals surface area contributed by atoms with E-state index >= 15 is 0 Å². The predicted molar refractivity (Wildman–Crippen MR) is 72.4 cm³/mol. The van der Waals surface area contributed by atoms with E-state index in [9.17, 15) is 4.39 Å². The van der Waals surface area contributed by atoms with Crippen molar-refractivity contribution in [3.63, 3.8) is 0 Å². The quantitative estimate of drug-likeness (QED) is 0.665. The van der Waals surface area contributed by atoms with Gasteiger partial charge < -0.3 is 5.73 Å². The molecule has 0 saturated carbocycles. The first-order valence-corrected chi connectivity index (χ1v) is 7.17. The molecule has 5 heteroatoms. The topological polar surface area (TPSA) is 26.0 Å². The predicted octanol–water partition coefficient (Wildman–Crippen LogP) is 4.52. The van der Waals surface area contributed by atoms with Crippen molar-refractivity contribution in [2.75, 3.05) is 5.73 Å². The van der Waals surface area contributed by atoms with Crippen LogP contribution in [-0.4, -0.2) is 0 Å². The van der Waals surface area contributed by atoms with Gasteiger partial charge in [0.05, 0.1) is 9.47 Å². The van der Waals surface area contributed by atoms with E-state index in [-0.39, 0.29) is 11.5 Å². The Morgan fingerprint density at radius 2 is 2.12 bits per heavy atom. The summed E-state index contributed by atoms with van der Waals surface area (Å²) in [7, 11) is 0. The molecule has 1 aromatic heterocycles. The second-order valence-electron chi connectivity index (χ2n) is 3.18. The van der Waals surface area contributed by atoms with E-state index in [1.165, 1.54) is 10.9 Å². The summed E-state index contributed by atoms with van der Waals surface area (Å²) >= 11 is 6.71. The van der Waals surface area contributed by atoms with Crippen molar-refractivity contribution in [2.24, 2.45) is 0 Å². The lowest BCUT2D eigenvalue weighted by atomic mass is 10.3. The van der Waals surface area contributed by atoms with Crippen LogP contribution in [0, 0.1) is 5.82 Å². The first-order chi connectivity index (χ1) is 7.65. The van der Waals surface area contributed by atoms with Crippen LogP contribution in [0.25, 0.3) is 0 Å². The van der Waals surface area contributed by atoms with Crippen LogP contribution < -0.4 is 5.73 Å². The second-order valence-corrected chi connectivity index (χ2v) is 6.77.